The van der Waals surface area contributed by atoms with Gasteiger partial charge in [0.15, 0.2) is 0 Å². The number of hydrogen-bond donors (Lipinski definition) is 2. The first-order chi connectivity index (χ1) is 20.1. The summed E-state index contributed by atoms with van der Waals surface area (Å²) < 4.78 is 12.6. The summed E-state index contributed by atoms with van der Waals surface area (Å²) in [5.41, 5.74) is 7.80. The lowest BCUT2D eigenvalue weighted by atomic mass is 9.97. The van der Waals surface area contributed by atoms with Crippen LogP contribution < -0.4 is 20.1 Å². The highest BCUT2D eigenvalue weighted by Crippen LogP contribution is 2.29. The summed E-state index contributed by atoms with van der Waals surface area (Å²) in [7, 11) is 0. The number of benzene rings is 4. The quantitative estimate of drug-likeness (QED) is 0.173. The zero-order valence-electron chi connectivity index (χ0n) is 23.5. The standard InChI is InChI=1S/C35H35N3O3/c1-25-31(10-6-12-33(25)28-8-4-3-5-9-28)24-40-32-15-14-30(22-36-18-19-37-26(2)39)35(21-32)41-23-27-13-16-34-29(20-27)11-7-17-38-34/h3-17,20-21,36H,18-19,22-24H2,1-2H3,(H,37,39). The van der Waals surface area contributed by atoms with Crippen LogP contribution in [0.1, 0.15) is 29.2 Å². The maximum atomic E-state index is 11.2. The number of aromatic nitrogens is 1. The largest absolute Gasteiger partial charge is 0.489 e. The molecule has 6 nitrogen and oxygen atoms in total. The van der Waals surface area contributed by atoms with E-state index in [4.69, 9.17) is 9.47 Å². The number of pyridine rings is 1. The SMILES string of the molecule is CC(=O)NCCNCc1ccc(OCc2cccc(-c3ccccc3)c2C)cc1OCc1ccc2ncccc2c1. The van der Waals surface area contributed by atoms with Crippen LogP contribution in [0.4, 0.5) is 0 Å². The van der Waals surface area contributed by atoms with Gasteiger partial charge in [-0.3, -0.25) is 9.78 Å². The lowest BCUT2D eigenvalue weighted by molar-refractivity contribution is -0.118. The summed E-state index contributed by atoms with van der Waals surface area (Å²) in [5, 5.41) is 7.27. The predicted octanol–water partition coefficient (Wildman–Crippen LogP) is 6.59. The molecule has 6 heteroatoms. The molecule has 1 aromatic heterocycles. The third-order valence-electron chi connectivity index (χ3n) is 7.02. The molecule has 2 N–H and O–H groups in total. The number of ether oxygens (including phenoxy) is 2. The molecule has 0 radical (unpaired) electrons. The average molecular weight is 546 g/mol. The Morgan fingerprint density at radius 1 is 0.805 bits per heavy atom. The van der Waals surface area contributed by atoms with E-state index in [0.29, 0.717) is 32.8 Å². The monoisotopic (exact) mass is 545 g/mol. The Balaban J connectivity index is 1.31. The van der Waals surface area contributed by atoms with Gasteiger partial charge in [-0.15, -0.1) is 0 Å². The molecule has 0 fully saturated rings. The first kappa shape index (κ1) is 27.9. The topological polar surface area (TPSA) is 72.5 Å². The summed E-state index contributed by atoms with van der Waals surface area (Å²) in [6.45, 7) is 6.38. The van der Waals surface area contributed by atoms with Crippen LogP contribution in [0, 0.1) is 6.92 Å². The van der Waals surface area contributed by atoms with Gasteiger partial charge in [-0.2, -0.15) is 0 Å². The number of rotatable bonds is 12. The number of hydrogen-bond acceptors (Lipinski definition) is 5. The van der Waals surface area contributed by atoms with Gasteiger partial charge in [0, 0.05) is 49.8 Å². The highest BCUT2D eigenvalue weighted by atomic mass is 16.5. The van der Waals surface area contributed by atoms with Crippen LogP contribution in [-0.4, -0.2) is 24.0 Å². The average Bonchev–Trinajstić information content (AvgIpc) is 3.00. The normalized spacial score (nSPS) is 10.9. The van der Waals surface area contributed by atoms with E-state index in [1.165, 1.54) is 23.6 Å². The molecule has 1 heterocycles. The molecule has 0 spiro atoms. The van der Waals surface area contributed by atoms with Gasteiger partial charge in [-0.25, -0.2) is 0 Å². The summed E-state index contributed by atoms with van der Waals surface area (Å²) in [6, 6.07) is 32.9. The van der Waals surface area contributed by atoms with E-state index >= 15 is 0 Å². The molecule has 5 aromatic rings. The van der Waals surface area contributed by atoms with Crippen molar-refractivity contribution in [1.82, 2.24) is 15.6 Å². The summed E-state index contributed by atoms with van der Waals surface area (Å²) in [5.74, 6) is 1.47. The minimum atomic E-state index is -0.0348. The Morgan fingerprint density at radius 3 is 2.54 bits per heavy atom. The number of nitrogens with zero attached hydrogens (tertiary/aromatic N) is 1. The molecule has 208 valence electrons. The van der Waals surface area contributed by atoms with Crippen LogP contribution in [0.5, 0.6) is 11.5 Å². The van der Waals surface area contributed by atoms with E-state index in [1.54, 1.807) is 6.20 Å². The van der Waals surface area contributed by atoms with Gasteiger partial charge in [0.25, 0.3) is 0 Å². The molecule has 5 rings (SSSR count). The molecule has 0 aliphatic heterocycles. The van der Waals surface area contributed by atoms with Crippen molar-refractivity contribution in [1.29, 1.82) is 0 Å². The lowest BCUT2D eigenvalue weighted by Crippen LogP contribution is -2.30. The van der Waals surface area contributed by atoms with Gasteiger partial charge in [0.05, 0.1) is 5.52 Å². The van der Waals surface area contributed by atoms with Gasteiger partial charge >= 0.3 is 0 Å². The van der Waals surface area contributed by atoms with Crippen molar-refractivity contribution in [3.05, 3.63) is 126 Å². The minimum absolute atomic E-state index is 0.0348. The Hall–Kier alpha value is -4.68. The molecule has 0 aliphatic carbocycles. The highest BCUT2D eigenvalue weighted by molar-refractivity contribution is 5.78. The molecule has 1 amide bonds. The maximum Gasteiger partial charge on any atom is 0.216 e. The highest BCUT2D eigenvalue weighted by Gasteiger charge is 2.10. The number of carbonyl (C=O) groups is 1. The van der Waals surface area contributed by atoms with Crippen LogP contribution in [0.2, 0.25) is 0 Å². The predicted molar refractivity (Wildman–Crippen MR) is 164 cm³/mol. The Kier molecular flexibility index (Phi) is 9.24. The van der Waals surface area contributed by atoms with Crippen molar-refractivity contribution in [3.8, 4) is 22.6 Å². The molecule has 0 atom stereocenters. The first-order valence-corrected chi connectivity index (χ1v) is 13.9. The van der Waals surface area contributed by atoms with Crippen LogP contribution in [-0.2, 0) is 24.6 Å². The molecule has 0 saturated heterocycles. The molecule has 0 bridgehead atoms. The van der Waals surface area contributed by atoms with E-state index in [9.17, 15) is 4.79 Å². The van der Waals surface area contributed by atoms with Crippen LogP contribution in [0.15, 0.2) is 103 Å². The van der Waals surface area contributed by atoms with E-state index < -0.39 is 0 Å². The maximum absolute atomic E-state index is 11.2. The summed E-state index contributed by atoms with van der Waals surface area (Å²) in [4.78, 5) is 15.6. The summed E-state index contributed by atoms with van der Waals surface area (Å²) >= 11 is 0. The summed E-state index contributed by atoms with van der Waals surface area (Å²) in [6.07, 6.45) is 1.80. The van der Waals surface area contributed by atoms with Gasteiger partial charge in [-0.1, -0.05) is 66.7 Å². The van der Waals surface area contributed by atoms with Crippen LogP contribution >= 0.6 is 0 Å². The molecule has 4 aromatic carbocycles. The van der Waals surface area contributed by atoms with Gasteiger partial charge in [0.2, 0.25) is 5.91 Å². The molecule has 0 unspecified atom stereocenters. The second-order valence-electron chi connectivity index (χ2n) is 9.99. The fourth-order valence-electron chi connectivity index (χ4n) is 4.76. The van der Waals surface area contributed by atoms with E-state index in [2.05, 4.69) is 77.1 Å². The molecule has 0 aliphatic rings. The van der Waals surface area contributed by atoms with Crippen molar-refractivity contribution < 1.29 is 14.3 Å². The van der Waals surface area contributed by atoms with Crippen LogP contribution in [0.25, 0.3) is 22.0 Å². The molecular weight excluding hydrogens is 510 g/mol. The number of nitrogens with one attached hydrogen (secondary N) is 2. The van der Waals surface area contributed by atoms with Gasteiger partial charge in [-0.05, 0) is 59.0 Å². The van der Waals surface area contributed by atoms with Gasteiger partial charge < -0.3 is 20.1 Å². The first-order valence-electron chi connectivity index (χ1n) is 13.9. The number of fused-ring (bicyclic) bond motifs is 1. The van der Waals surface area contributed by atoms with E-state index in [-0.39, 0.29) is 5.91 Å². The van der Waals surface area contributed by atoms with E-state index in [0.717, 1.165) is 39.1 Å². The van der Waals surface area contributed by atoms with Crippen molar-refractivity contribution in [3.63, 3.8) is 0 Å². The number of carbonyl (C=O) groups excluding carboxylic acids is 1. The van der Waals surface area contributed by atoms with Crippen LogP contribution in [0.3, 0.4) is 0 Å². The van der Waals surface area contributed by atoms with Crippen molar-refractivity contribution in [2.75, 3.05) is 13.1 Å². The smallest absolute Gasteiger partial charge is 0.216 e. The second kappa shape index (κ2) is 13.6. The van der Waals surface area contributed by atoms with Crippen molar-refractivity contribution >= 4 is 16.8 Å². The second-order valence-corrected chi connectivity index (χ2v) is 9.99. The number of amides is 1. The van der Waals surface area contributed by atoms with Crippen molar-refractivity contribution in [2.24, 2.45) is 0 Å². The molecular formula is C35H35N3O3. The lowest BCUT2D eigenvalue weighted by Gasteiger charge is -2.16. The zero-order valence-corrected chi connectivity index (χ0v) is 23.5. The van der Waals surface area contributed by atoms with Gasteiger partial charge in [0.1, 0.15) is 24.7 Å². The Labute approximate surface area is 241 Å². The third kappa shape index (κ3) is 7.50. The zero-order chi connectivity index (χ0) is 28.4. The molecule has 41 heavy (non-hydrogen) atoms. The third-order valence-corrected chi connectivity index (χ3v) is 7.02. The minimum Gasteiger partial charge on any atom is -0.489 e. The molecule has 0 saturated carbocycles. The fraction of sp³-hybridized carbons (Fsp3) is 0.200. The Bertz CT molecular complexity index is 1620. The Morgan fingerprint density at radius 2 is 1.68 bits per heavy atom. The van der Waals surface area contributed by atoms with Crippen molar-refractivity contribution in [2.45, 2.75) is 33.6 Å². The van der Waals surface area contributed by atoms with E-state index in [1.807, 2.05) is 42.5 Å². The fourth-order valence-corrected chi connectivity index (χ4v) is 4.76.